The lowest BCUT2D eigenvalue weighted by Crippen LogP contribution is -2.47. The number of cyclic esters (lactones) is 1. The average molecular weight is 468 g/mol. The monoisotopic (exact) mass is 467 g/mol. The summed E-state index contributed by atoms with van der Waals surface area (Å²) in [6.45, 7) is 7.19. The Balaban J connectivity index is 1.89. The molecular weight excluding hydrogens is 434 g/mol. The van der Waals surface area contributed by atoms with Crippen molar-refractivity contribution in [2.75, 3.05) is 6.61 Å². The van der Waals surface area contributed by atoms with E-state index in [1.165, 1.54) is 0 Å². The Morgan fingerprint density at radius 3 is 2.21 bits per heavy atom. The van der Waals surface area contributed by atoms with Gasteiger partial charge < -0.3 is 19.5 Å². The first-order valence-corrected chi connectivity index (χ1v) is 11.6. The molecule has 182 valence electrons. The predicted octanol–water partition coefficient (Wildman–Crippen LogP) is 4.23. The summed E-state index contributed by atoms with van der Waals surface area (Å²) in [4.78, 5) is 38.9. The van der Waals surface area contributed by atoms with Gasteiger partial charge in [0.15, 0.2) is 5.41 Å². The largest absolute Gasteiger partial charge is 0.465 e. The molecule has 3 rings (SSSR count). The van der Waals surface area contributed by atoms with Crippen molar-refractivity contribution in [1.82, 2.24) is 5.32 Å². The van der Waals surface area contributed by atoms with Crippen LogP contribution in [0.2, 0.25) is 0 Å². The Bertz CT molecular complexity index is 985. The molecular formula is C27H33NO6. The van der Waals surface area contributed by atoms with E-state index < -0.39 is 41.2 Å². The molecule has 0 radical (unpaired) electrons. The van der Waals surface area contributed by atoms with Gasteiger partial charge in [-0.05, 0) is 51.7 Å². The summed E-state index contributed by atoms with van der Waals surface area (Å²) in [6, 6.07) is 18.3. The van der Waals surface area contributed by atoms with Crippen molar-refractivity contribution < 1.29 is 28.6 Å². The minimum Gasteiger partial charge on any atom is -0.465 e. The summed E-state index contributed by atoms with van der Waals surface area (Å²) < 4.78 is 16.5. The molecule has 1 saturated heterocycles. The maximum atomic E-state index is 13.2. The van der Waals surface area contributed by atoms with E-state index in [1.807, 2.05) is 60.7 Å². The molecule has 7 nitrogen and oxygen atoms in total. The Kier molecular flexibility index (Phi) is 7.97. The zero-order chi connectivity index (χ0) is 24.8. The average Bonchev–Trinajstić information content (AvgIpc) is 3.11. The highest BCUT2D eigenvalue weighted by Crippen LogP contribution is 2.40. The molecule has 2 aromatic carbocycles. The normalized spacial score (nSPS) is 20.8. The highest BCUT2D eigenvalue weighted by molar-refractivity contribution is 6.01. The van der Waals surface area contributed by atoms with E-state index in [2.05, 4.69) is 5.32 Å². The SMILES string of the molecule is CCOC(=O)C1(Cc2ccccc2)C[C@@H]([C@H](Cc2ccccc2)NC(=O)OC(C)(C)C)OC1=O. The number of hydrogen-bond acceptors (Lipinski definition) is 6. The van der Waals surface area contributed by atoms with Crippen molar-refractivity contribution in [1.29, 1.82) is 0 Å². The number of hydrogen-bond donors (Lipinski definition) is 1. The molecule has 1 amide bonds. The van der Waals surface area contributed by atoms with Gasteiger partial charge in [0.05, 0.1) is 12.6 Å². The van der Waals surface area contributed by atoms with Gasteiger partial charge in [-0.2, -0.15) is 0 Å². The van der Waals surface area contributed by atoms with Gasteiger partial charge in [0, 0.05) is 6.42 Å². The molecule has 0 saturated carbocycles. The molecule has 1 unspecified atom stereocenters. The zero-order valence-electron chi connectivity index (χ0n) is 20.2. The number of benzene rings is 2. The third kappa shape index (κ3) is 6.37. The Morgan fingerprint density at radius 1 is 1.06 bits per heavy atom. The van der Waals surface area contributed by atoms with Crippen LogP contribution in [0.4, 0.5) is 4.79 Å². The summed E-state index contributed by atoms with van der Waals surface area (Å²) in [6.07, 6.45) is -0.684. The van der Waals surface area contributed by atoms with Gasteiger partial charge >= 0.3 is 18.0 Å². The molecule has 1 aliphatic heterocycles. The summed E-state index contributed by atoms with van der Waals surface area (Å²) in [5.41, 5.74) is -0.383. The molecule has 3 atom stereocenters. The van der Waals surface area contributed by atoms with Crippen LogP contribution in [0.25, 0.3) is 0 Å². The number of nitrogens with one attached hydrogen (secondary N) is 1. The van der Waals surface area contributed by atoms with E-state index in [0.29, 0.717) is 6.42 Å². The van der Waals surface area contributed by atoms with Gasteiger partial charge in [0.1, 0.15) is 11.7 Å². The Hall–Kier alpha value is -3.35. The zero-order valence-corrected chi connectivity index (χ0v) is 20.2. The van der Waals surface area contributed by atoms with Crippen LogP contribution in [0.5, 0.6) is 0 Å². The van der Waals surface area contributed by atoms with Crippen molar-refractivity contribution in [3.05, 3.63) is 71.8 Å². The highest BCUT2D eigenvalue weighted by Gasteiger charge is 2.57. The fraction of sp³-hybridized carbons (Fsp3) is 0.444. The van der Waals surface area contributed by atoms with E-state index in [-0.39, 0.29) is 19.4 Å². The number of esters is 2. The molecule has 0 bridgehead atoms. The first kappa shape index (κ1) is 25.3. The third-order valence-corrected chi connectivity index (χ3v) is 5.66. The summed E-state index contributed by atoms with van der Waals surface area (Å²) in [7, 11) is 0. The molecule has 2 aromatic rings. The van der Waals surface area contributed by atoms with Crippen LogP contribution in [0, 0.1) is 5.41 Å². The smallest absolute Gasteiger partial charge is 0.408 e. The standard InChI is InChI=1S/C27H33NO6/c1-5-32-23(29)27(17-20-14-10-7-11-15-20)18-22(33-24(27)30)21(16-19-12-8-6-9-13-19)28-25(31)34-26(2,3)4/h6-15,21-22H,5,16-18H2,1-4H3,(H,28,31)/t21-,22-,27?/m0/s1. The minimum atomic E-state index is -1.48. The molecule has 1 N–H and O–H groups in total. The number of amides is 1. The van der Waals surface area contributed by atoms with Gasteiger partial charge in [-0.1, -0.05) is 60.7 Å². The lowest BCUT2D eigenvalue weighted by molar-refractivity contribution is -0.165. The van der Waals surface area contributed by atoms with Crippen LogP contribution in [-0.4, -0.2) is 42.4 Å². The van der Waals surface area contributed by atoms with E-state index in [9.17, 15) is 14.4 Å². The van der Waals surface area contributed by atoms with Gasteiger partial charge in [-0.3, -0.25) is 9.59 Å². The third-order valence-electron chi connectivity index (χ3n) is 5.66. The maximum absolute atomic E-state index is 13.2. The second-order valence-corrected chi connectivity index (χ2v) is 9.56. The van der Waals surface area contributed by atoms with Crippen molar-refractivity contribution in [2.24, 2.45) is 5.41 Å². The topological polar surface area (TPSA) is 90.9 Å². The van der Waals surface area contributed by atoms with E-state index >= 15 is 0 Å². The van der Waals surface area contributed by atoms with Gasteiger partial charge in [0.25, 0.3) is 0 Å². The number of carbonyl (C=O) groups excluding carboxylic acids is 3. The van der Waals surface area contributed by atoms with Crippen LogP contribution in [-0.2, 0) is 36.6 Å². The van der Waals surface area contributed by atoms with Crippen molar-refractivity contribution in [3.63, 3.8) is 0 Å². The predicted molar refractivity (Wildman–Crippen MR) is 127 cm³/mol. The van der Waals surface area contributed by atoms with Crippen LogP contribution in [0.1, 0.15) is 45.2 Å². The van der Waals surface area contributed by atoms with Crippen molar-refractivity contribution in [2.45, 2.75) is 64.7 Å². The fourth-order valence-corrected chi connectivity index (χ4v) is 4.14. The second kappa shape index (κ2) is 10.7. The van der Waals surface area contributed by atoms with E-state index in [4.69, 9.17) is 14.2 Å². The van der Waals surface area contributed by atoms with Crippen LogP contribution >= 0.6 is 0 Å². The second-order valence-electron chi connectivity index (χ2n) is 9.56. The van der Waals surface area contributed by atoms with Crippen molar-refractivity contribution in [3.8, 4) is 0 Å². The van der Waals surface area contributed by atoms with Crippen molar-refractivity contribution >= 4 is 18.0 Å². The number of alkyl carbamates (subject to hydrolysis) is 1. The Morgan fingerprint density at radius 2 is 1.65 bits per heavy atom. The summed E-state index contributed by atoms with van der Waals surface area (Å²) in [5.74, 6) is -1.24. The van der Waals surface area contributed by atoms with Gasteiger partial charge in [-0.15, -0.1) is 0 Å². The van der Waals surface area contributed by atoms with Crippen LogP contribution < -0.4 is 5.32 Å². The lowest BCUT2D eigenvalue weighted by atomic mass is 9.77. The van der Waals surface area contributed by atoms with Crippen LogP contribution in [0.15, 0.2) is 60.7 Å². The molecule has 0 aliphatic carbocycles. The van der Waals surface area contributed by atoms with E-state index in [0.717, 1.165) is 11.1 Å². The highest BCUT2D eigenvalue weighted by atomic mass is 16.6. The van der Waals surface area contributed by atoms with Crippen LogP contribution in [0.3, 0.4) is 0 Å². The number of ether oxygens (including phenoxy) is 3. The molecule has 1 aliphatic rings. The fourth-order valence-electron chi connectivity index (χ4n) is 4.14. The molecule has 34 heavy (non-hydrogen) atoms. The molecule has 1 heterocycles. The van der Waals surface area contributed by atoms with E-state index in [1.54, 1.807) is 27.7 Å². The van der Waals surface area contributed by atoms with Gasteiger partial charge in [-0.25, -0.2) is 4.79 Å². The quantitative estimate of drug-likeness (QED) is 0.355. The minimum absolute atomic E-state index is 0.0901. The Labute approximate surface area is 200 Å². The molecule has 1 fully saturated rings. The maximum Gasteiger partial charge on any atom is 0.408 e. The molecule has 0 aromatic heterocycles. The number of carbonyl (C=O) groups is 3. The molecule has 0 spiro atoms. The lowest BCUT2D eigenvalue weighted by Gasteiger charge is -2.27. The summed E-state index contributed by atoms with van der Waals surface area (Å²) in [5, 5.41) is 2.87. The first-order valence-electron chi connectivity index (χ1n) is 11.6. The molecule has 7 heteroatoms. The summed E-state index contributed by atoms with van der Waals surface area (Å²) >= 11 is 0. The van der Waals surface area contributed by atoms with Gasteiger partial charge in [0.2, 0.25) is 0 Å². The first-order chi connectivity index (χ1) is 16.1. The number of rotatable bonds is 8.